The van der Waals surface area contributed by atoms with Gasteiger partial charge in [-0.05, 0) is 29.7 Å². The zero-order valence-electron chi connectivity index (χ0n) is 19.0. The van der Waals surface area contributed by atoms with Crippen molar-refractivity contribution in [2.24, 2.45) is 5.92 Å². The predicted octanol–water partition coefficient (Wildman–Crippen LogP) is 4.20. The van der Waals surface area contributed by atoms with E-state index in [1.54, 1.807) is 0 Å². The number of rotatable bonds is 8. The third kappa shape index (κ3) is 6.42. The molecule has 35 heavy (non-hydrogen) atoms. The molecule has 3 aromatic rings. The fraction of sp³-hybridized carbons (Fsp3) is 0.269. The van der Waals surface area contributed by atoms with Crippen LogP contribution in [0.15, 0.2) is 83.8 Å². The number of carbonyl (C=O) groups excluding carboxylic acids is 1. The lowest BCUT2D eigenvalue weighted by atomic mass is 9.90. The van der Waals surface area contributed by atoms with Gasteiger partial charge in [0.25, 0.3) is 0 Å². The Balaban J connectivity index is 1.41. The molecule has 1 amide bonds. The normalized spacial score (nSPS) is 18.4. The van der Waals surface area contributed by atoms with Crippen LogP contribution in [0.3, 0.4) is 0 Å². The molecule has 1 aliphatic heterocycles. The molecule has 3 aromatic carbocycles. The zero-order valence-corrected chi connectivity index (χ0v) is 21.3. The Hall–Kier alpha value is -2.42. The molecule has 1 heterocycles. The number of piperidine rings is 1. The molecule has 2 atom stereocenters. The van der Waals surface area contributed by atoms with Gasteiger partial charge >= 0.3 is 0 Å². The lowest BCUT2D eigenvalue weighted by Gasteiger charge is -2.30. The highest BCUT2D eigenvalue weighted by molar-refractivity contribution is 7.89. The van der Waals surface area contributed by atoms with Crippen LogP contribution >= 0.6 is 23.2 Å². The van der Waals surface area contributed by atoms with Crippen LogP contribution < -0.4 is 15.4 Å². The van der Waals surface area contributed by atoms with Gasteiger partial charge < -0.3 is 10.6 Å². The van der Waals surface area contributed by atoms with Gasteiger partial charge in [0.05, 0.1) is 16.0 Å². The summed E-state index contributed by atoms with van der Waals surface area (Å²) >= 11 is 12.1. The van der Waals surface area contributed by atoms with Crippen molar-refractivity contribution >= 4 is 39.1 Å². The summed E-state index contributed by atoms with van der Waals surface area (Å²) in [7, 11) is -3.90. The molecule has 184 valence electrons. The first-order valence-corrected chi connectivity index (χ1v) is 13.6. The predicted molar refractivity (Wildman–Crippen MR) is 139 cm³/mol. The molecule has 0 spiro atoms. The minimum Gasteiger partial charge on any atom is -0.355 e. The second-order valence-corrected chi connectivity index (χ2v) is 11.0. The zero-order chi connectivity index (χ0) is 24.8. The second kappa shape index (κ2) is 11.5. The van der Waals surface area contributed by atoms with Gasteiger partial charge in [-0.2, -0.15) is 0 Å². The van der Waals surface area contributed by atoms with Crippen molar-refractivity contribution in [2.45, 2.75) is 23.3 Å². The molecule has 3 N–H and O–H groups in total. The third-order valence-electron chi connectivity index (χ3n) is 6.13. The molecular weight excluding hydrogens is 505 g/mol. The van der Waals surface area contributed by atoms with Gasteiger partial charge in [-0.15, -0.1) is 0 Å². The fourth-order valence-corrected chi connectivity index (χ4v) is 6.36. The van der Waals surface area contributed by atoms with Crippen molar-refractivity contribution in [3.05, 3.63) is 100 Å². The Morgan fingerprint density at radius 3 is 2.17 bits per heavy atom. The molecule has 0 aromatic heterocycles. The highest BCUT2D eigenvalue weighted by Crippen LogP contribution is 2.29. The standard InChI is InChI=1S/C26H27Cl2N3O3S/c27-23-12-7-13-24(25(23)28)35(33,34)31-21-14-20(15-29-16-21)26(32)30-17-22(18-8-3-1-4-9-18)19-10-5-2-6-11-19/h1-13,20-22,29,31H,14-17H2,(H,30,32). The Morgan fingerprint density at radius 2 is 1.54 bits per heavy atom. The van der Waals surface area contributed by atoms with E-state index in [-0.39, 0.29) is 32.7 Å². The molecule has 1 aliphatic rings. The van der Waals surface area contributed by atoms with Gasteiger partial charge in [0.15, 0.2) is 0 Å². The van der Waals surface area contributed by atoms with E-state index in [0.717, 1.165) is 11.1 Å². The molecule has 1 saturated heterocycles. The van der Waals surface area contributed by atoms with Gasteiger partial charge in [-0.1, -0.05) is 89.9 Å². The van der Waals surface area contributed by atoms with E-state index in [9.17, 15) is 13.2 Å². The topological polar surface area (TPSA) is 87.3 Å². The highest BCUT2D eigenvalue weighted by Gasteiger charge is 2.31. The molecule has 6 nitrogen and oxygen atoms in total. The van der Waals surface area contributed by atoms with Crippen molar-refractivity contribution in [1.29, 1.82) is 0 Å². The molecule has 9 heteroatoms. The summed E-state index contributed by atoms with van der Waals surface area (Å²) in [6.45, 7) is 1.33. The van der Waals surface area contributed by atoms with Gasteiger partial charge in [-0.3, -0.25) is 4.79 Å². The quantitative estimate of drug-likeness (QED) is 0.406. The number of nitrogens with one attached hydrogen (secondary N) is 3. The van der Waals surface area contributed by atoms with Crippen LogP contribution in [-0.2, 0) is 14.8 Å². The van der Waals surface area contributed by atoms with Crippen LogP contribution in [0.1, 0.15) is 23.5 Å². The second-order valence-electron chi connectivity index (χ2n) is 8.58. The number of hydrogen-bond acceptors (Lipinski definition) is 4. The van der Waals surface area contributed by atoms with Gasteiger partial charge in [-0.25, -0.2) is 13.1 Å². The lowest BCUT2D eigenvalue weighted by molar-refractivity contribution is -0.125. The summed E-state index contributed by atoms with van der Waals surface area (Å²) in [6.07, 6.45) is 0.373. The van der Waals surface area contributed by atoms with Crippen LogP contribution in [0.25, 0.3) is 0 Å². The first-order chi connectivity index (χ1) is 16.8. The molecule has 0 radical (unpaired) electrons. The van der Waals surface area contributed by atoms with E-state index >= 15 is 0 Å². The monoisotopic (exact) mass is 531 g/mol. The Bertz CT molecular complexity index is 1220. The van der Waals surface area contributed by atoms with Crippen LogP contribution in [0, 0.1) is 5.92 Å². The van der Waals surface area contributed by atoms with E-state index in [4.69, 9.17) is 23.2 Å². The summed E-state index contributed by atoms with van der Waals surface area (Å²) in [5.74, 6) is -0.477. The average molecular weight is 532 g/mol. The summed E-state index contributed by atoms with van der Waals surface area (Å²) < 4.78 is 28.5. The Labute approximate surface area is 216 Å². The van der Waals surface area contributed by atoms with Crippen molar-refractivity contribution in [3.8, 4) is 0 Å². The summed E-state index contributed by atoms with van der Waals surface area (Å²) in [4.78, 5) is 13.0. The van der Waals surface area contributed by atoms with Crippen LogP contribution in [0.2, 0.25) is 10.0 Å². The maximum Gasteiger partial charge on any atom is 0.242 e. The SMILES string of the molecule is O=C(NCC(c1ccccc1)c1ccccc1)C1CNCC(NS(=O)(=O)c2cccc(Cl)c2Cl)C1. The van der Waals surface area contributed by atoms with Crippen molar-refractivity contribution in [3.63, 3.8) is 0 Å². The number of halogens is 2. The highest BCUT2D eigenvalue weighted by atomic mass is 35.5. The lowest BCUT2D eigenvalue weighted by Crippen LogP contribution is -2.52. The van der Waals surface area contributed by atoms with Crippen molar-refractivity contribution < 1.29 is 13.2 Å². The van der Waals surface area contributed by atoms with Crippen molar-refractivity contribution in [2.75, 3.05) is 19.6 Å². The number of benzene rings is 3. The largest absolute Gasteiger partial charge is 0.355 e. The smallest absolute Gasteiger partial charge is 0.242 e. The molecule has 0 aliphatic carbocycles. The molecular formula is C26H27Cl2N3O3S. The molecule has 1 fully saturated rings. The molecule has 0 saturated carbocycles. The van der Waals surface area contributed by atoms with Crippen LogP contribution in [-0.4, -0.2) is 40.0 Å². The maximum atomic E-state index is 13.1. The van der Waals surface area contributed by atoms with Gasteiger partial charge in [0.2, 0.25) is 15.9 Å². The van der Waals surface area contributed by atoms with Crippen LogP contribution in [0.4, 0.5) is 0 Å². The summed E-state index contributed by atoms with van der Waals surface area (Å²) in [6, 6.07) is 24.1. The number of hydrogen-bond donors (Lipinski definition) is 3. The molecule has 2 unspecified atom stereocenters. The third-order valence-corrected chi connectivity index (χ3v) is 8.63. The number of amides is 1. The minimum atomic E-state index is -3.90. The van der Waals surface area contributed by atoms with Gasteiger partial charge in [0.1, 0.15) is 4.90 Å². The van der Waals surface area contributed by atoms with E-state index in [1.165, 1.54) is 18.2 Å². The van der Waals surface area contributed by atoms with Crippen molar-refractivity contribution in [1.82, 2.24) is 15.4 Å². The average Bonchev–Trinajstić information content (AvgIpc) is 2.87. The number of carbonyl (C=O) groups is 1. The molecule has 0 bridgehead atoms. The Kier molecular flexibility index (Phi) is 8.46. The summed E-state index contributed by atoms with van der Waals surface area (Å²) in [5.41, 5.74) is 2.23. The van der Waals surface area contributed by atoms with Gasteiger partial charge in [0, 0.05) is 31.6 Å². The molecule has 4 rings (SSSR count). The van der Waals surface area contributed by atoms with Crippen LogP contribution in [0.5, 0.6) is 0 Å². The maximum absolute atomic E-state index is 13.1. The first-order valence-electron chi connectivity index (χ1n) is 11.4. The minimum absolute atomic E-state index is 0.0113. The van der Waals surface area contributed by atoms with E-state index in [1.807, 2.05) is 36.4 Å². The Morgan fingerprint density at radius 1 is 0.914 bits per heavy atom. The first kappa shape index (κ1) is 25.7. The van der Waals surface area contributed by atoms with E-state index < -0.39 is 16.1 Å². The van der Waals surface area contributed by atoms with E-state index in [2.05, 4.69) is 39.6 Å². The number of sulfonamides is 1. The summed E-state index contributed by atoms with van der Waals surface area (Å²) in [5, 5.41) is 6.40. The fourth-order valence-electron chi connectivity index (χ4n) is 4.35. The van der Waals surface area contributed by atoms with E-state index in [0.29, 0.717) is 26.1 Å².